The number of rotatable bonds is 7. The number of para-hydroxylation sites is 3. The molecular formula is C57H55IrN3SSi-2. The van der Waals surface area contributed by atoms with Crippen LogP contribution in [0.4, 0.5) is 0 Å². The Hall–Kier alpha value is -5.23. The molecule has 0 amide bonds. The van der Waals surface area contributed by atoms with Gasteiger partial charge >= 0.3 is 0 Å². The van der Waals surface area contributed by atoms with Gasteiger partial charge in [0.2, 0.25) is 0 Å². The zero-order valence-electron chi connectivity index (χ0n) is 41.4. The molecule has 0 aliphatic rings. The molecule has 0 saturated carbocycles. The molecule has 0 aliphatic heterocycles. The van der Waals surface area contributed by atoms with Gasteiger partial charge in [-0.2, -0.15) is 11.3 Å². The molecule has 0 bridgehead atoms. The summed E-state index contributed by atoms with van der Waals surface area (Å²) >= 11 is 1.85. The van der Waals surface area contributed by atoms with Crippen LogP contribution in [-0.2, 0) is 20.1 Å². The molecule has 1 radical (unpaired) electrons. The van der Waals surface area contributed by atoms with Crippen molar-refractivity contribution in [1.82, 2.24) is 14.5 Å². The molecule has 3 nitrogen and oxygen atoms in total. The van der Waals surface area contributed by atoms with Crippen molar-refractivity contribution in [2.75, 3.05) is 0 Å². The monoisotopic (exact) mass is 1040 g/mol. The summed E-state index contributed by atoms with van der Waals surface area (Å²) in [4.78, 5) is 9.82. The van der Waals surface area contributed by atoms with Crippen LogP contribution in [0.2, 0.25) is 19.6 Å². The van der Waals surface area contributed by atoms with E-state index in [0.29, 0.717) is 11.8 Å². The number of hydrogen-bond acceptors (Lipinski definition) is 3. The molecular weight excluding hydrogens is 979 g/mol. The average Bonchev–Trinajstić information content (AvgIpc) is 3.85. The van der Waals surface area contributed by atoms with Crippen LogP contribution in [0.15, 0.2) is 134 Å². The molecule has 0 aliphatic carbocycles. The molecule has 6 heteroatoms. The van der Waals surface area contributed by atoms with Gasteiger partial charge in [-0.05, 0) is 95.6 Å². The molecule has 10 rings (SSSR count). The maximum atomic E-state index is 8.48. The molecule has 3 aromatic heterocycles. The number of pyridine rings is 1. The minimum atomic E-state index is -2.13. The number of fused-ring (bicyclic) bond motifs is 7. The summed E-state index contributed by atoms with van der Waals surface area (Å²) in [5, 5.41) is 8.90. The van der Waals surface area contributed by atoms with Crippen molar-refractivity contribution in [2.24, 2.45) is 0 Å². The van der Waals surface area contributed by atoms with Crippen LogP contribution < -0.4 is 5.19 Å². The Kier molecular flexibility index (Phi) is 11.1. The van der Waals surface area contributed by atoms with Crippen molar-refractivity contribution in [3.8, 4) is 28.3 Å². The summed E-state index contributed by atoms with van der Waals surface area (Å²) in [6.07, 6.45) is 1.89. The first-order valence-corrected chi connectivity index (χ1v) is 25.9. The van der Waals surface area contributed by atoms with Crippen molar-refractivity contribution in [1.29, 1.82) is 0 Å². The van der Waals surface area contributed by atoms with E-state index in [1.165, 1.54) is 69.8 Å². The van der Waals surface area contributed by atoms with Crippen LogP contribution in [0.3, 0.4) is 0 Å². The summed E-state index contributed by atoms with van der Waals surface area (Å²) in [6, 6.07) is 51.1. The second-order valence-electron chi connectivity index (χ2n) is 18.3. The maximum Gasteiger partial charge on any atom is 0.0799 e. The van der Waals surface area contributed by atoms with Crippen LogP contribution in [0.1, 0.15) is 87.0 Å². The zero-order chi connectivity index (χ0) is 46.9. The van der Waals surface area contributed by atoms with Gasteiger partial charge in [0.15, 0.2) is 0 Å². The quantitative estimate of drug-likeness (QED) is 0.0905. The largest absolute Gasteiger partial charge is 0.333 e. The molecule has 0 fully saturated rings. The van der Waals surface area contributed by atoms with Gasteiger partial charge in [-0.3, -0.25) is 4.98 Å². The number of imidazole rings is 1. The SMILES string of the molecule is CC(C)c1cccc(C(C)C)c1-n1c(-c2[c-]cc3sc4cc5ccc6ccccc6c5cc4c3c2)nc2ccccc21.[2H]C([2H])([2H])c1c[c-]c(-c2cc(C([2H])(C)C)c([Si](C)(C)C)cn2)cc1.[Ir]. The van der Waals surface area contributed by atoms with Crippen molar-refractivity contribution < 1.29 is 25.6 Å². The second-order valence-corrected chi connectivity index (χ2v) is 24.4. The topological polar surface area (TPSA) is 30.7 Å². The Balaban J connectivity index is 0.000000209. The Morgan fingerprint density at radius 1 is 0.651 bits per heavy atom. The number of thiophene rings is 1. The van der Waals surface area contributed by atoms with Crippen molar-refractivity contribution in [3.05, 3.63) is 168 Å². The fraction of sp³-hybridized carbons (Fsp3) is 0.228. The van der Waals surface area contributed by atoms with Crippen LogP contribution in [0, 0.1) is 19.0 Å². The van der Waals surface area contributed by atoms with E-state index >= 15 is 0 Å². The van der Waals surface area contributed by atoms with Gasteiger partial charge in [0.25, 0.3) is 0 Å². The van der Waals surface area contributed by atoms with Crippen LogP contribution in [-0.4, -0.2) is 22.6 Å². The normalized spacial score (nSPS) is 13.3. The predicted molar refractivity (Wildman–Crippen MR) is 272 cm³/mol. The van der Waals surface area contributed by atoms with Gasteiger partial charge in [0.05, 0.1) is 24.9 Å². The van der Waals surface area contributed by atoms with E-state index in [1.807, 2.05) is 37.4 Å². The molecule has 0 unspecified atom stereocenters. The first-order chi connectivity index (χ1) is 31.3. The van der Waals surface area contributed by atoms with E-state index in [0.717, 1.165) is 39.2 Å². The number of hydrogen-bond donors (Lipinski definition) is 0. The maximum absolute atomic E-state index is 8.48. The first-order valence-electron chi connectivity index (χ1n) is 23.6. The van der Waals surface area contributed by atoms with Gasteiger partial charge in [-0.1, -0.05) is 152 Å². The zero-order valence-corrected chi connectivity index (χ0v) is 41.7. The van der Waals surface area contributed by atoms with Gasteiger partial charge in [0, 0.05) is 42.2 Å². The summed E-state index contributed by atoms with van der Waals surface area (Å²) in [5.41, 5.74) is 9.81. The molecule has 0 saturated heterocycles. The Labute approximate surface area is 397 Å². The Bertz CT molecular complexity index is 3420. The van der Waals surface area contributed by atoms with Gasteiger partial charge in [-0.25, -0.2) is 0 Å². The van der Waals surface area contributed by atoms with Crippen LogP contribution in [0.25, 0.3) is 81.1 Å². The number of benzene rings is 7. The van der Waals surface area contributed by atoms with Gasteiger partial charge in [0.1, 0.15) is 0 Å². The van der Waals surface area contributed by atoms with E-state index in [2.05, 4.69) is 172 Å². The van der Waals surface area contributed by atoms with Crippen molar-refractivity contribution in [2.45, 2.75) is 85.8 Å². The van der Waals surface area contributed by atoms with E-state index in [4.69, 9.17) is 10.5 Å². The second kappa shape index (κ2) is 17.7. The third kappa shape index (κ3) is 8.47. The summed E-state index contributed by atoms with van der Waals surface area (Å²) in [5.74, 6) is 0.983. The Morgan fingerprint density at radius 2 is 1.35 bits per heavy atom. The van der Waals surface area contributed by atoms with E-state index < -0.39 is 20.8 Å². The summed E-state index contributed by atoms with van der Waals surface area (Å²) in [7, 11) is -1.61. The van der Waals surface area contributed by atoms with Crippen LogP contribution >= 0.6 is 11.3 Å². The fourth-order valence-electron chi connectivity index (χ4n) is 8.75. The van der Waals surface area contributed by atoms with Crippen LogP contribution in [0.5, 0.6) is 0 Å². The Morgan fingerprint density at radius 3 is 2.05 bits per heavy atom. The third-order valence-electron chi connectivity index (χ3n) is 12.0. The van der Waals surface area contributed by atoms with Gasteiger partial charge < -0.3 is 9.55 Å². The number of aromatic nitrogens is 3. The molecule has 0 spiro atoms. The standard InChI is InChI=1S/C39H31N2S.C18H24NSi.Ir/c1-23(2)28-12-9-13-29(24(3)4)38(28)41-35-15-8-7-14-34(35)40-39(41)27-18-19-36-32(20-27)33-22-31-26(21-37(33)42-36)17-16-25-10-5-6-11-30(25)31;1-13(2)16-11-17(15-9-7-14(3)8-10-15)19-12-18(16)20(4,5)6;/h5-17,19-24H,1-4H3;7-9,11-13H,1-6H3;/q2*-1;/i;3D3,13D;. The molecule has 7 aromatic carbocycles. The summed E-state index contributed by atoms with van der Waals surface area (Å²) in [6.45, 7) is 17.5. The average molecular weight is 1040 g/mol. The minimum Gasteiger partial charge on any atom is -0.333 e. The molecule has 63 heavy (non-hydrogen) atoms. The van der Waals surface area contributed by atoms with E-state index in [-0.39, 0.29) is 25.7 Å². The van der Waals surface area contributed by atoms with E-state index in [9.17, 15) is 0 Å². The van der Waals surface area contributed by atoms with Gasteiger partial charge in [-0.15, -0.1) is 59.2 Å². The number of aryl methyl sites for hydroxylation is 1. The number of nitrogens with zero attached hydrogens (tertiary/aromatic N) is 3. The smallest absolute Gasteiger partial charge is 0.0799 e. The molecule has 0 N–H and O–H groups in total. The summed E-state index contributed by atoms with van der Waals surface area (Å²) < 4.78 is 35.7. The van der Waals surface area contributed by atoms with Crippen molar-refractivity contribution >= 4 is 77.3 Å². The third-order valence-corrected chi connectivity index (χ3v) is 15.1. The molecule has 3 heterocycles. The molecule has 319 valence electrons. The fourth-order valence-corrected chi connectivity index (χ4v) is 11.4. The first kappa shape index (κ1) is 39.4. The minimum absolute atomic E-state index is 0. The van der Waals surface area contributed by atoms with E-state index in [1.54, 1.807) is 12.1 Å². The predicted octanol–water partition coefficient (Wildman–Crippen LogP) is 15.9. The molecule has 0 atom stereocenters. The molecule has 10 aromatic rings. The van der Waals surface area contributed by atoms with Crippen molar-refractivity contribution in [3.63, 3.8) is 0 Å².